The summed E-state index contributed by atoms with van der Waals surface area (Å²) < 4.78 is 0. The summed E-state index contributed by atoms with van der Waals surface area (Å²) >= 11 is 1.78. The van der Waals surface area contributed by atoms with Gasteiger partial charge in [0.15, 0.2) is 0 Å². The molecule has 3 nitrogen and oxygen atoms in total. The van der Waals surface area contributed by atoms with Gasteiger partial charge in [0, 0.05) is 30.2 Å². The number of rotatable bonds is 4. The highest BCUT2D eigenvalue weighted by Crippen LogP contribution is 2.29. The van der Waals surface area contributed by atoms with E-state index in [4.69, 9.17) is 0 Å². The predicted octanol–water partition coefficient (Wildman–Crippen LogP) is 2.81. The predicted molar refractivity (Wildman–Crippen MR) is 75.9 cm³/mol. The van der Waals surface area contributed by atoms with Crippen molar-refractivity contribution in [1.29, 1.82) is 0 Å². The van der Waals surface area contributed by atoms with Crippen molar-refractivity contribution in [2.24, 2.45) is 0 Å². The number of piperidine rings is 1. The van der Waals surface area contributed by atoms with Crippen molar-refractivity contribution in [3.8, 4) is 0 Å². The molecule has 0 amide bonds. The van der Waals surface area contributed by atoms with Crippen LogP contribution in [0.5, 0.6) is 0 Å². The molecule has 0 bridgehead atoms. The fraction of sp³-hybridized carbons (Fsp3) is 0.786. The van der Waals surface area contributed by atoms with Crippen LogP contribution in [-0.2, 0) is 0 Å². The normalized spacial score (nSPS) is 30.3. The highest BCUT2D eigenvalue weighted by Gasteiger charge is 2.36. The topological polar surface area (TPSA) is 28.2 Å². The number of aromatic nitrogens is 1. The molecule has 2 saturated heterocycles. The highest BCUT2D eigenvalue weighted by atomic mass is 32.1. The number of hydrogen-bond acceptors (Lipinski definition) is 4. The molecule has 4 heteroatoms. The van der Waals surface area contributed by atoms with Gasteiger partial charge in [-0.1, -0.05) is 13.3 Å². The Balaban J connectivity index is 1.65. The first-order valence-corrected chi connectivity index (χ1v) is 8.16. The van der Waals surface area contributed by atoms with Gasteiger partial charge in [-0.2, -0.15) is 0 Å². The number of nitrogens with zero attached hydrogens (tertiary/aromatic N) is 2. The Morgan fingerprint density at radius 3 is 3.17 bits per heavy atom. The third-order valence-electron chi connectivity index (χ3n) is 4.43. The van der Waals surface area contributed by atoms with E-state index in [2.05, 4.69) is 27.5 Å². The average Bonchev–Trinajstić information content (AvgIpc) is 3.06. The van der Waals surface area contributed by atoms with Gasteiger partial charge in [-0.3, -0.25) is 4.90 Å². The second-order valence-electron chi connectivity index (χ2n) is 5.49. The molecule has 3 heterocycles. The molecule has 1 aromatic heterocycles. The van der Waals surface area contributed by atoms with Gasteiger partial charge in [-0.15, -0.1) is 11.3 Å². The first kappa shape index (κ1) is 12.6. The van der Waals surface area contributed by atoms with Gasteiger partial charge < -0.3 is 5.32 Å². The van der Waals surface area contributed by atoms with E-state index in [1.54, 1.807) is 11.3 Å². The van der Waals surface area contributed by atoms with Crippen LogP contribution in [0.25, 0.3) is 0 Å². The Hall–Kier alpha value is -0.450. The molecule has 0 radical (unpaired) electrons. The van der Waals surface area contributed by atoms with Crippen LogP contribution in [0.1, 0.15) is 50.1 Å². The van der Waals surface area contributed by atoms with Gasteiger partial charge >= 0.3 is 0 Å². The zero-order valence-corrected chi connectivity index (χ0v) is 12.0. The first-order valence-electron chi connectivity index (χ1n) is 7.28. The largest absolute Gasteiger partial charge is 0.304 e. The van der Waals surface area contributed by atoms with Crippen LogP contribution < -0.4 is 5.32 Å². The maximum Gasteiger partial charge on any atom is 0.109 e. The SMILES string of the molecule is CCC(NC1CCN2CCCCC12)c1nccs1. The molecule has 1 N–H and O–H groups in total. The van der Waals surface area contributed by atoms with Gasteiger partial charge in [0.1, 0.15) is 5.01 Å². The molecular weight excluding hydrogens is 242 g/mol. The van der Waals surface area contributed by atoms with Crippen molar-refractivity contribution in [3.05, 3.63) is 16.6 Å². The summed E-state index contributed by atoms with van der Waals surface area (Å²) in [5, 5.41) is 7.21. The number of fused-ring (bicyclic) bond motifs is 1. The minimum atomic E-state index is 0.455. The van der Waals surface area contributed by atoms with Crippen molar-refractivity contribution in [3.63, 3.8) is 0 Å². The quantitative estimate of drug-likeness (QED) is 0.907. The summed E-state index contributed by atoms with van der Waals surface area (Å²) in [5.74, 6) is 0. The number of thiazole rings is 1. The van der Waals surface area contributed by atoms with E-state index in [1.807, 2.05) is 6.20 Å². The zero-order valence-electron chi connectivity index (χ0n) is 11.1. The van der Waals surface area contributed by atoms with Gasteiger partial charge in [-0.05, 0) is 32.2 Å². The summed E-state index contributed by atoms with van der Waals surface area (Å²) in [4.78, 5) is 7.17. The smallest absolute Gasteiger partial charge is 0.109 e. The molecule has 2 aliphatic heterocycles. The Morgan fingerprint density at radius 1 is 1.44 bits per heavy atom. The summed E-state index contributed by atoms with van der Waals surface area (Å²) in [6.45, 7) is 4.86. The van der Waals surface area contributed by atoms with Crippen molar-refractivity contribution in [1.82, 2.24) is 15.2 Å². The third kappa shape index (κ3) is 2.46. The third-order valence-corrected chi connectivity index (χ3v) is 5.32. The van der Waals surface area contributed by atoms with Gasteiger partial charge in [-0.25, -0.2) is 4.98 Å². The molecule has 2 aliphatic rings. The highest BCUT2D eigenvalue weighted by molar-refractivity contribution is 7.09. The van der Waals surface area contributed by atoms with E-state index in [9.17, 15) is 0 Å². The second-order valence-corrected chi connectivity index (χ2v) is 6.42. The van der Waals surface area contributed by atoms with E-state index >= 15 is 0 Å². The molecule has 3 unspecified atom stereocenters. The monoisotopic (exact) mass is 265 g/mol. The fourth-order valence-corrected chi connectivity index (χ4v) is 4.25. The standard InChI is InChI=1S/C14H23N3S/c1-2-11(14-15-7-10-18-14)16-12-6-9-17-8-4-3-5-13(12)17/h7,10-13,16H,2-6,8-9H2,1H3. The number of nitrogens with one attached hydrogen (secondary N) is 1. The molecule has 0 spiro atoms. The lowest BCUT2D eigenvalue weighted by molar-refractivity contribution is 0.176. The van der Waals surface area contributed by atoms with Crippen LogP contribution in [0.4, 0.5) is 0 Å². The summed E-state index contributed by atoms with van der Waals surface area (Å²) in [6.07, 6.45) is 8.56. The molecule has 2 fully saturated rings. The lowest BCUT2D eigenvalue weighted by Gasteiger charge is -2.34. The van der Waals surface area contributed by atoms with Crippen LogP contribution in [0.3, 0.4) is 0 Å². The molecule has 1 aromatic rings. The Kier molecular flexibility index (Phi) is 3.97. The molecule has 3 atom stereocenters. The van der Waals surface area contributed by atoms with Crippen LogP contribution in [-0.4, -0.2) is 35.1 Å². The molecule has 0 aromatic carbocycles. The van der Waals surface area contributed by atoms with Crippen molar-refractivity contribution < 1.29 is 0 Å². The lowest BCUT2D eigenvalue weighted by Crippen LogP contribution is -2.45. The summed E-state index contributed by atoms with van der Waals surface area (Å²) in [7, 11) is 0. The molecule has 18 heavy (non-hydrogen) atoms. The van der Waals surface area contributed by atoms with Crippen LogP contribution in [0.15, 0.2) is 11.6 Å². The van der Waals surface area contributed by atoms with Crippen LogP contribution >= 0.6 is 11.3 Å². The molecule has 3 rings (SSSR count). The summed E-state index contributed by atoms with van der Waals surface area (Å²) in [5.41, 5.74) is 0. The van der Waals surface area contributed by atoms with Crippen molar-refractivity contribution in [2.75, 3.05) is 13.1 Å². The lowest BCUT2D eigenvalue weighted by atomic mass is 9.98. The van der Waals surface area contributed by atoms with Crippen molar-refractivity contribution in [2.45, 2.75) is 57.2 Å². The number of hydrogen-bond donors (Lipinski definition) is 1. The Morgan fingerprint density at radius 2 is 2.39 bits per heavy atom. The van der Waals surface area contributed by atoms with Gasteiger partial charge in [0.25, 0.3) is 0 Å². The average molecular weight is 265 g/mol. The fourth-order valence-electron chi connectivity index (χ4n) is 3.47. The van der Waals surface area contributed by atoms with E-state index in [0.717, 1.165) is 12.5 Å². The zero-order chi connectivity index (χ0) is 12.4. The summed E-state index contributed by atoms with van der Waals surface area (Å²) in [6, 6.07) is 1.92. The Labute approximate surface area is 114 Å². The van der Waals surface area contributed by atoms with Gasteiger partial charge in [0.2, 0.25) is 0 Å². The minimum Gasteiger partial charge on any atom is -0.304 e. The van der Waals surface area contributed by atoms with Crippen molar-refractivity contribution >= 4 is 11.3 Å². The van der Waals surface area contributed by atoms with E-state index in [-0.39, 0.29) is 0 Å². The first-order chi connectivity index (χ1) is 8.88. The van der Waals surface area contributed by atoms with E-state index in [1.165, 1.54) is 43.8 Å². The molecular formula is C14H23N3S. The molecule has 0 saturated carbocycles. The second kappa shape index (κ2) is 5.68. The Bertz CT molecular complexity index is 365. The van der Waals surface area contributed by atoms with E-state index in [0.29, 0.717) is 12.1 Å². The van der Waals surface area contributed by atoms with Crippen LogP contribution in [0, 0.1) is 0 Å². The maximum absolute atomic E-state index is 4.48. The van der Waals surface area contributed by atoms with Crippen LogP contribution in [0.2, 0.25) is 0 Å². The molecule has 0 aliphatic carbocycles. The maximum atomic E-state index is 4.48. The minimum absolute atomic E-state index is 0.455. The van der Waals surface area contributed by atoms with E-state index < -0.39 is 0 Å². The van der Waals surface area contributed by atoms with Gasteiger partial charge in [0.05, 0.1) is 6.04 Å². The molecule has 100 valence electrons.